The highest BCUT2D eigenvalue weighted by Crippen LogP contribution is 2.24. The van der Waals surface area contributed by atoms with Crippen molar-refractivity contribution in [3.05, 3.63) is 36.7 Å². The van der Waals surface area contributed by atoms with Gasteiger partial charge in [-0.25, -0.2) is 0 Å². The van der Waals surface area contributed by atoms with E-state index in [1.807, 2.05) is 31.2 Å². The Morgan fingerprint density at radius 3 is 2.71 bits per heavy atom. The topological polar surface area (TPSA) is 62.3 Å². The second-order valence-electron chi connectivity index (χ2n) is 3.68. The monoisotopic (exact) mass is 233 g/mol. The highest BCUT2D eigenvalue weighted by atomic mass is 16.5. The van der Waals surface area contributed by atoms with Gasteiger partial charge in [0.1, 0.15) is 11.5 Å². The number of rotatable bonds is 4. The highest BCUT2D eigenvalue weighted by Gasteiger charge is 2.04. The van der Waals surface area contributed by atoms with E-state index in [2.05, 4.69) is 5.10 Å². The number of hydrogen-bond donors (Lipinski definition) is 1. The van der Waals surface area contributed by atoms with E-state index in [0.717, 1.165) is 5.75 Å². The van der Waals surface area contributed by atoms with Crippen molar-refractivity contribution in [3.8, 4) is 17.2 Å². The molecule has 0 spiro atoms. The van der Waals surface area contributed by atoms with Crippen molar-refractivity contribution in [1.82, 2.24) is 9.78 Å². The molecular formula is C12H15N3O2. The van der Waals surface area contributed by atoms with Gasteiger partial charge >= 0.3 is 0 Å². The van der Waals surface area contributed by atoms with E-state index in [1.54, 1.807) is 24.2 Å². The lowest BCUT2D eigenvalue weighted by atomic mass is 10.3. The molecule has 5 heteroatoms. The fourth-order valence-corrected chi connectivity index (χ4v) is 1.40. The molecule has 0 aliphatic rings. The zero-order chi connectivity index (χ0) is 12.3. The largest absolute Gasteiger partial charge is 0.497 e. The molecule has 1 atom stereocenters. The Morgan fingerprint density at radius 2 is 2.06 bits per heavy atom. The molecule has 0 fully saturated rings. The van der Waals surface area contributed by atoms with Crippen LogP contribution in [0.5, 0.6) is 17.2 Å². The van der Waals surface area contributed by atoms with Crippen LogP contribution in [0.15, 0.2) is 36.7 Å². The van der Waals surface area contributed by atoms with Gasteiger partial charge in [-0.05, 0) is 19.1 Å². The van der Waals surface area contributed by atoms with E-state index in [9.17, 15) is 0 Å². The van der Waals surface area contributed by atoms with Gasteiger partial charge in [0, 0.05) is 6.07 Å². The summed E-state index contributed by atoms with van der Waals surface area (Å²) in [6.45, 7) is 1.85. The Kier molecular flexibility index (Phi) is 3.30. The molecule has 5 nitrogen and oxygen atoms in total. The Labute approximate surface area is 99.8 Å². The van der Waals surface area contributed by atoms with Crippen LogP contribution in [-0.2, 0) is 0 Å². The van der Waals surface area contributed by atoms with Gasteiger partial charge in [-0.1, -0.05) is 6.07 Å². The van der Waals surface area contributed by atoms with Crippen LogP contribution in [0.25, 0.3) is 0 Å². The summed E-state index contributed by atoms with van der Waals surface area (Å²) in [6.07, 6.45) is 3.21. The van der Waals surface area contributed by atoms with Crippen molar-refractivity contribution in [1.29, 1.82) is 0 Å². The third-order valence-corrected chi connectivity index (χ3v) is 2.27. The summed E-state index contributed by atoms with van der Waals surface area (Å²) in [7, 11) is 1.62. The van der Waals surface area contributed by atoms with Crippen LogP contribution in [0.4, 0.5) is 0 Å². The van der Waals surface area contributed by atoms with Crippen LogP contribution >= 0.6 is 0 Å². The molecule has 2 N–H and O–H groups in total. The number of methoxy groups -OCH3 is 1. The summed E-state index contributed by atoms with van der Waals surface area (Å²) in [5, 5.41) is 4.09. The Balaban J connectivity index is 2.13. The molecule has 17 heavy (non-hydrogen) atoms. The van der Waals surface area contributed by atoms with E-state index in [1.165, 1.54) is 0 Å². The predicted octanol–water partition coefficient (Wildman–Crippen LogP) is 2.16. The van der Waals surface area contributed by atoms with Gasteiger partial charge in [-0.3, -0.25) is 4.68 Å². The fourth-order valence-electron chi connectivity index (χ4n) is 1.40. The molecule has 90 valence electrons. The molecule has 1 aromatic carbocycles. The molecule has 1 aromatic heterocycles. The molecule has 1 heterocycles. The molecule has 0 radical (unpaired) electrons. The summed E-state index contributed by atoms with van der Waals surface area (Å²) in [4.78, 5) is 0. The maximum atomic E-state index is 5.69. The third-order valence-electron chi connectivity index (χ3n) is 2.27. The Bertz CT molecular complexity index is 494. The molecule has 0 aliphatic carbocycles. The van der Waals surface area contributed by atoms with E-state index < -0.39 is 0 Å². The molecule has 0 aliphatic heterocycles. The van der Waals surface area contributed by atoms with Crippen LogP contribution in [0.2, 0.25) is 0 Å². The van der Waals surface area contributed by atoms with Crippen LogP contribution in [0.3, 0.4) is 0 Å². The first kappa shape index (κ1) is 11.5. The molecule has 0 amide bonds. The zero-order valence-electron chi connectivity index (χ0n) is 9.83. The van der Waals surface area contributed by atoms with Gasteiger partial charge in [-0.2, -0.15) is 5.10 Å². The van der Waals surface area contributed by atoms with Gasteiger partial charge in [0.15, 0.2) is 5.75 Å². The van der Waals surface area contributed by atoms with Crippen LogP contribution in [0.1, 0.15) is 13.1 Å². The second-order valence-corrected chi connectivity index (χ2v) is 3.68. The number of hydrogen-bond acceptors (Lipinski definition) is 4. The summed E-state index contributed by atoms with van der Waals surface area (Å²) in [5.74, 6) is 2.10. The maximum Gasteiger partial charge on any atom is 0.165 e. The minimum absolute atomic E-state index is 0.169. The standard InChI is InChI=1S/C12H15N3O2/c1-9(13)15-8-12(7-14-15)17-11-5-3-4-10(6-11)16-2/h3-9H,13H2,1-2H3. The van der Waals surface area contributed by atoms with Crippen molar-refractivity contribution < 1.29 is 9.47 Å². The third kappa shape index (κ3) is 2.76. The SMILES string of the molecule is COc1cccc(Oc2cnn(C(C)N)c2)c1. The van der Waals surface area contributed by atoms with E-state index >= 15 is 0 Å². The average molecular weight is 233 g/mol. The lowest BCUT2D eigenvalue weighted by molar-refractivity contribution is 0.409. The first-order valence-corrected chi connectivity index (χ1v) is 5.30. The molecule has 2 aromatic rings. The van der Waals surface area contributed by atoms with Crippen LogP contribution in [-0.4, -0.2) is 16.9 Å². The first-order chi connectivity index (χ1) is 8.19. The van der Waals surface area contributed by atoms with E-state index in [-0.39, 0.29) is 6.17 Å². The number of ether oxygens (including phenoxy) is 2. The van der Waals surface area contributed by atoms with Gasteiger partial charge in [0.2, 0.25) is 0 Å². The lowest BCUT2D eigenvalue weighted by Crippen LogP contribution is -2.14. The summed E-state index contributed by atoms with van der Waals surface area (Å²) >= 11 is 0. The van der Waals surface area contributed by atoms with Crippen molar-refractivity contribution in [3.63, 3.8) is 0 Å². The number of nitrogens with two attached hydrogens (primary N) is 1. The van der Waals surface area contributed by atoms with Crippen molar-refractivity contribution in [2.24, 2.45) is 5.73 Å². The van der Waals surface area contributed by atoms with Crippen molar-refractivity contribution >= 4 is 0 Å². The van der Waals surface area contributed by atoms with Gasteiger partial charge in [0.05, 0.1) is 25.7 Å². The Hall–Kier alpha value is -2.01. The van der Waals surface area contributed by atoms with Crippen LogP contribution < -0.4 is 15.2 Å². The summed E-state index contributed by atoms with van der Waals surface area (Å²) in [6, 6.07) is 7.39. The second kappa shape index (κ2) is 4.88. The van der Waals surface area contributed by atoms with E-state index in [4.69, 9.17) is 15.2 Å². The summed E-state index contributed by atoms with van der Waals surface area (Å²) in [5.41, 5.74) is 5.69. The maximum absolute atomic E-state index is 5.69. The minimum Gasteiger partial charge on any atom is -0.497 e. The smallest absolute Gasteiger partial charge is 0.165 e. The quantitative estimate of drug-likeness (QED) is 0.879. The van der Waals surface area contributed by atoms with Gasteiger partial charge in [0.25, 0.3) is 0 Å². The van der Waals surface area contributed by atoms with Crippen molar-refractivity contribution in [2.45, 2.75) is 13.1 Å². The van der Waals surface area contributed by atoms with Gasteiger partial charge in [-0.15, -0.1) is 0 Å². The number of benzene rings is 1. The van der Waals surface area contributed by atoms with E-state index in [0.29, 0.717) is 11.5 Å². The van der Waals surface area contributed by atoms with Crippen LogP contribution in [0, 0.1) is 0 Å². The molecular weight excluding hydrogens is 218 g/mol. The molecule has 0 saturated carbocycles. The number of nitrogens with zero attached hydrogens (tertiary/aromatic N) is 2. The average Bonchev–Trinajstić information content (AvgIpc) is 2.78. The fraction of sp³-hybridized carbons (Fsp3) is 0.250. The predicted molar refractivity (Wildman–Crippen MR) is 64.2 cm³/mol. The first-order valence-electron chi connectivity index (χ1n) is 5.30. The van der Waals surface area contributed by atoms with Gasteiger partial charge < -0.3 is 15.2 Å². The molecule has 0 bridgehead atoms. The molecule has 1 unspecified atom stereocenters. The normalized spacial score (nSPS) is 12.2. The molecule has 2 rings (SSSR count). The highest BCUT2D eigenvalue weighted by molar-refractivity contribution is 5.35. The lowest BCUT2D eigenvalue weighted by Gasteiger charge is -2.05. The molecule has 0 saturated heterocycles. The summed E-state index contributed by atoms with van der Waals surface area (Å²) < 4.78 is 12.4. The van der Waals surface area contributed by atoms with Crippen molar-refractivity contribution in [2.75, 3.05) is 7.11 Å². The zero-order valence-corrected chi connectivity index (χ0v) is 9.83. The minimum atomic E-state index is -0.169. The Morgan fingerprint density at radius 1 is 1.29 bits per heavy atom. The number of aromatic nitrogens is 2.